The predicted octanol–water partition coefficient (Wildman–Crippen LogP) is 2.47. The van der Waals surface area contributed by atoms with Crippen LogP contribution in [-0.2, 0) is 16.8 Å². The van der Waals surface area contributed by atoms with E-state index in [0.717, 1.165) is 36.7 Å². The zero-order valence-corrected chi connectivity index (χ0v) is 13.9. The molecule has 0 aromatic carbocycles. The fourth-order valence-corrected chi connectivity index (χ4v) is 5.35. The quantitative estimate of drug-likeness (QED) is 0.787. The first-order chi connectivity index (χ1) is 11.2. The topological polar surface area (TPSA) is 38.2 Å². The van der Waals surface area contributed by atoms with Gasteiger partial charge in [-0.1, -0.05) is 12.2 Å². The van der Waals surface area contributed by atoms with Crippen LogP contribution in [0.3, 0.4) is 0 Å². The summed E-state index contributed by atoms with van der Waals surface area (Å²) in [6.45, 7) is 7.04. The SMILES string of the molecule is Cc1ncc2c(n1)C1(CCN(C[C@@H]3C[C@H]4C=C[C@@H]3C4)C1)COC2. The summed E-state index contributed by atoms with van der Waals surface area (Å²) in [6, 6.07) is 0. The van der Waals surface area contributed by atoms with Crippen LogP contribution in [0.2, 0.25) is 0 Å². The van der Waals surface area contributed by atoms with Crippen LogP contribution in [0.15, 0.2) is 18.3 Å². The summed E-state index contributed by atoms with van der Waals surface area (Å²) in [6.07, 6.45) is 10.9. The van der Waals surface area contributed by atoms with Gasteiger partial charge >= 0.3 is 0 Å². The van der Waals surface area contributed by atoms with Crippen LogP contribution in [0.25, 0.3) is 0 Å². The maximum Gasteiger partial charge on any atom is 0.125 e. The van der Waals surface area contributed by atoms with Crippen LogP contribution >= 0.6 is 0 Å². The minimum Gasteiger partial charge on any atom is -0.376 e. The first kappa shape index (κ1) is 14.1. The Morgan fingerprint density at radius 2 is 2.30 bits per heavy atom. The van der Waals surface area contributed by atoms with E-state index < -0.39 is 0 Å². The molecular weight excluding hydrogens is 286 g/mol. The molecule has 2 aliphatic heterocycles. The second-order valence-corrected chi connectivity index (χ2v) is 8.09. The Morgan fingerprint density at radius 1 is 1.35 bits per heavy atom. The van der Waals surface area contributed by atoms with E-state index in [1.54, 1.807) is 0 Å². The summed E-state index contributed by atoms with van der Waals surface area (Å²) in [4.78, 5) is 11.9. The summed E-state index contributed by atoms with van der Waals surface area (Å²) in [5.74, 6) is 3.48. The zero-order valence-electron chi connectivity index (χ0n) is 13.9. The molecule has 1 saturated carbocycles. The number of hydrogen-bond donors (Lipinski definition) is 0. The standard InChI is InChI=1S/C19H25N3O/c1-13-20-8-17-10-23-12-19(18(17)21-13)4-5-22(11-19)9-16-7-14-2-3-15(16)6-14/h2-3,8,14-16H,4-7,9-12H2,1H3/t14-,15+,16-,19?/m0/s1. The number of fused-ring (bicyclic) bond motifs is 4. The Labute approximate surface area is 138 Å². The second kappa shape index (κ2) is 5.12. The van der Waals surface area contributed by atoms with Crippen molar-refractivity contribution in [3.05, 3.63) is 35.4 Å². The molecule has 3 heterocycles. The molecule has 0 N–H and O–H groups in total. The number of aryl methyl sites for hydroxylation is 1. The molecule has 0 radical (unpaired) electrons. The Balaban J connectivity index is 1.36. The van der Waals surface area contributed by atoms with Crippen molar-refractivity contribution >= 4 is 0 Å². The third-order valence-electron chi connectivity index (χ3n) is 6.47. The lowest BCUT2D eigenvalue weighted by Crippen LogP contribution is -2.41. The Bertz CT molecular complexity index is 658. The molecule has 23 heavy (non-hydrogen) atoms. The largest absolute Gasteiger partial charge is 0.376 e. The average molecular weight is 311 g/mol. The fraction of sp³-hybridized carbons (Fsp3) is 0.684. The van der Waals surface area contributed by atoms with Crippen molar-refractivity contribution in [3.63, 3.8) is 0 Å². The minimum atomic E-state index is 0.106. The van der Waals surface area contributed by atoms with Crippen LogP contribution in [0.1, 0.15) is 36.3 Å². The third-order valence-corrected chi connectivity index (χ3v) is 6.47. The number of ether oxygens (including phenoxy) is 1. The zero-order chi connectivity index (χ0) is 15.4. The molecule has 0 amide bonds. The van der Waals surface area contributed by atoms with E-state index in [0.29, 0.717) is 6.61 Å². The number of likely N-dealkylation sites (tertiary alicyclic amines) is 1. The monoisotopic (exact) mass is 311 g/mol. The number of hydrogen-bond acceptors (Lipinski definition) is 4. The van der Waals surface area contributed by atoms with Gasteiger partial charge in [-0.2, -0.15) is 0 Å². The maximum atomic E-state index is 5.92. The van der Waals surface area contributed by atoms with Gasteiger partial charge in [0.15, 0.2) is 0 Å². The van der Waals surface area contributed by atoms with Gasteiger partial charge in [-0.15, -0.1) is 0 Å². The van der Waals surface area contributed by atoms with Gasteiger partial charge in [0.25, 0.3) is 0 Å². The first-order valence-electron chi connectivity index (χ1n) is 9.03. The van der Waals surface area contributed by atoms with Crippen LogP contribution in [-0.4, -0.2) is 41.1 Å². The van der Waals surface area contributed by atoms with Gasteiger partial charge in [-0.25, -0.2) is 9.97 Å². The molecule has 1 aromatic rings. The summed E-state index contributed by atoms with van der Waals surface area (Å²) >= 11 is 0. The Morgan fingerprint density at radius 3 is 3.13 bits per heavy atom. The third kappa shape index (κ3) is 2.26. The van der Waals surface area contributed by atoms with Crippen molar-refractivity contribution in [2.75, 3.05) is 26.2 Å². The molecule has 1 aromatic heterocycles. The molecule has 4 heteroatoms. The van der Waals surface area contributed by atoms with Crippen molar-refractivity contribution in [2.24, 2.45) is 17.8 Å². The number of nitrogens with zero attached hydrogens (tertiary/aromatic N) is 3. The molecule has 2 bridgehead atoms. The average Bonchev–Trinajstić information content (AvgIpc) is 3.25. The second-order valence-electron chi connectivity index (χ2n) is 8.09. The van der Waals surface area contributed by atoms with Crippen molar-refractivity contribution in [1.82, 2.24) is 14.9 Å². The highest BCUT2D eigenvalue weighted by molar-refractivity contribution is 5.30. The molecule has 1 unspecified atom stereocenters. The first-order valence-corrected chi connectivity index (χ1v) is 9.03. The normalized spacial score (nSPS) is 38.6. The number of allylic oxidation sites excluding steroid dienone is 2. The molecule has 4 nitrogen and oxygen atoms in total. The molecule has 4 atom stereocenters. The van der Waals surface area contributed by atoms with Crippen LogP contribution < -0.4 is 0 Å². The Hall–Kier alpha value is -1.26. The van der Waals surface area contributed by atoms with Crippen molar-refractivity contribution in [2.45, 2.75) is 38.2 Å². The summed E-state index contributed by atoms with van der Waals surface area (Å²) < 4.78 is 5.92. The molecule has 1 saturated heterocycles. The van der Waals surface area contributed by atoms with E-state index in [2.05, 4.69) is 22.0 Å². The summed E-state index contributed by atoms with van der Waals surface area (Å²) in [7, 11) is 0. The smallest absolute Gasteiger partial charge is 0.125 e. The summed E-state index contributed by atoms with van der Waals surface area (Å²) in [5.41, 5.74) is 2.58. The molecule has 4 aliphatic rings. The highest BCUT2D eigenvalue weighted by Gasteiger charge is 2.46. The molecule has 5 rings (SSSR count). The van der Waals surface area contributed by atoms with E-state index in [1.165, 1.54) is 43.6 Å². The van der Waals surface area contributed by atoms with E-state index in [4.69, 9.17) is 9.72 Å². The molecule has 2 fully saturated rings. The van der Waals surface area contributed by atoms with Gasteiger partial charge in [0, 0.05) is 24.8 Å². The van der Waals surface area contributed by atoms with Crippen molar-refractivity contribution in [3.8, 4) is 0 Å². The van der Waals surface area contributed by atoms with Crippen molar-refractivity contribution < 1.29 is 4.74 Å². The van der Waals surface area contributed by atoms with Gasteiger partial charge in [0.1, 0.15) is 5.82 Å². The lowest BCUT2D eigenvalue weighted by molar-refractivity contribution is 0.0495. The number of rotatable bonds is 2. The maximum absolute atomic E-state index is 5.92. The van der Waals surface area contributed by atoms with Crippen molar-refractivity contribution in [1.29, 1.82) is 0 Å². The van der Waals surface area contributed by atoms with Crippen LogP contribution in [0.4, 0.5) is 0 Å². The highest BCUT2D eigenvalue weighted by atomic mass is 16.5. The molecule has 1 spiro atoms. The van der Waals surface area contributed by atoms with E-state index >= 15 is 0 Å². The van der Waals surface area contributed by atoms with Crippen LogP contribution in [0.5, 0.6) is 0 Å². The van der Waals surface area contributed by atoms with E-state index in [9.17, 15) is 0 Å². The lowest BCUT2D eigenvalue weighted by atomic mass is 9.80. The molecular formula is C19H25N3O. The van der Waals surface area contributed by atoms with Crippen LogP contribution in [0, 0.1) is 24.7 Å². The molecule has 2 aliphatic carbocycles. The van der Waals surface area contributed by atoms with Gasteiger partial charge in [0.05, 0.1) is 24.3 Å². The molecule has 122 valence electrons. The van der Waals surface area contributed by atoms with Gasteiger partial charge in [-0.3, -0.25) is 0 Å². The number of aromatic nitrogens is 2. The van der Waals surface area contributed by atoms with Gasteiger partial charge in [-0.05, 0) is 50.5 Å². The predicted molar refractivity (Wildman–Crippen MR) is 88.0 cm³/mol. The van der Waals surface area contributed by atoms with E-state index in [-0.39, 0.29) is 5.41 Å². The highest BCUT2D eigenvalue weighted by Crippen LogP contribution is 2.45. The summed E-state index contributed by atoms with van der Waals surface area (Å²) in [5, 5.41) is 0. The minimum absolute atomic E-state index is 0.106. The van der Waals surface area contributed by atoms with E-state index in [1.807, 2.05) is 13.1 Å². The van der Waals surface area contributed by atoms with Gasteiger partial charge in [0.2, 0.25) is 0 Å². The van der Waals surface area contributed by atoms with Gasteiger partial charge < -0.3 is 9.64 Å². The fourth-order valence-electron chi connectivity index (χ4n) is 5.35. The Kier molecular flexibility index (Phi) is 3.14. The lowest BCUT2D eigenvalue weighted by Gasteiger charge is -2.35.